The first-order chi connectivity index (χ1) is 14.8. The lowest BCUT2D eigenvalue weighted by atomic mass is 10.1. The summed E-state index contributed by atoms with van der Waals surface area (Å²) in [5.41, 5.74) is 4.24. The summed E-state index contributed by atoms with van der Waals surface area (Å²) in [5, 5.41) is 1.16. The van der Waals surface area contributed by atoms with Gasteiger partial charge in [-0.15, -0.1) is 0 Å². The fraction of sp³-hybridized carbons (Fsp3) is 0.250. The molecule has 4 aromatic rings. The molecule has 5 rings (SSSR count). The van der Waals surface area contributed by atoms with Gasteiger partial charge in [-0.25, -0.2) is 4.98 Å². The number of pyridine rings is 1. The van der Waals surface area contributed by atoms with Crippen molar-refractivity contribution >= 4 is 10.9 Å². The molecular weight excluding hydrogens is 376 g/mol. The number of H-pyrrole nitrogens is 1. The van der Waals surface area contributed by atoms with Gasteiger partial charge in [-0.05, 0) is 29.8 Å². The fourth-order valence-electron chi connectivity index (χ4n) is 3.96. The molecule has 30 heavy (non-hydrogen) atoms. The number of methoxy groups -OCH3 is 1. The number of hydrogen-bond donors (Lipinski definition) is 1. The smallest absolute Gasteiger partial charge is 0.126 e. The van der Waals surface area contributed by atoms with Crippen LogP contribution in [0.3, 0.4) is 0 Å². The predicted molar refractivity (Wildman–Crippen MR) is 116 cm³/mol. The van der Waals surface area contributed by atoms with Crippen molar-refractivity contribution < 1.29 is 9.47 Å². The van der Waals surface area contributed by atoms with Crippen molar-refractivity contribution in [2.24, 2.45) is 0 Å². The number of aromatic nitrogens is 3. The van der Waals surface area contributed by atoms with Crippen LogP contribution in [0, 0.1) is 0 Å². The van der Waals surface area contributed by atoms with E-state index in [1.54, 1.807) is 7.11 Å². The van der Waals surface area contributed by atoms with Gasteiger partial charge in [0.15, 0.2) is 0 Å². The second-order valence-corrected chi connectivity index (χ2v) is 7.51. The number of para-hydroxylation sites is 1. The monoisotopic (exact) mass is 400 g/mol. The van der Waals surface area contributed by atoms with Gasteiger partial charge in [-0.1, -0.05) is 30.3 Å². The molecular formula is C24H24N4O2. The zero-order valence-corrected chi connectivity index (χ0v) is 16.9. The van der Waals surface area contributed by atoms with Crippen molar-refractivity contribution in [3.8, 4) is 17.0 Å². The summed E-state index contributed by atoms with van der Waals surface area (Å²) in [7, 11) is 1.68. The molecule has 6 heteroatoms. The average molecular weight is 400 g/mol. The molecule has 0 radical (unpaired) electrons. The Hall–Kier alpha value is -3.22. The molecule has 0 bridgehead atoms. The van der Waals surface area contributed by atoms with E-state index in [4.69, 9.17) is 9.47 Å². The first-order valence-corrected chi connectivity index (χ1v) is 10.1. The van der Waals surface area contributed by atoms with E-state index in [9.17, 15) is 0 Å². The lowest BCUT2D eigenvalue weighted by molar-refractivity contribution is -0.0156. The third-order valence-electron chi connectivity index (χ3n) is 5.56. The minimum Gasteiger partial charge on any atom is -0.497 e. The molecule has 0 aliphatic carbocycles. The van der Waals surface area contributed by atoms with Crippen LogP contribution in [-0.4, -0.2) is 46.7 Å². The quantitative estimate of drug-likeness (QED) is 0.544. The number of morpholine rings is 1. The zero-order valence-electron chi connectivity index (χ0n) is 16.9. The van der Waals surface area contributed by atoms with E-state index in [1.807, 2.05) is 48.8 Å². The van der Waals surface area contributed by atoms with Crippen LogP contribution in [0.4, 0.5) is 0 Å². The number of ether oxygens (including phenoxy) is 2. The third-order valence-corrected chi connectivity index (χ3v) is 5.56. The third kappa shape index (κ3) is 3.79. The summed E-state index contributed by atoms with van der Waals surface area (Å²) in [4.78, 5) is 15.2. The van der Waals surface area contributed by atoms with Crippen LogP contribution in [0.25, 0.3) is 22.2 Å². The fourth-order valence-corrected chi connectivity index (χ4v) is 3.96. The standard InChI is InChI=1S/C24H24N4O2/c1-29-20-7-4-6-19(12-20)22-14-26-24(27-22)23-16-30-10-9-28(23)15-17-11-18-5-2-3-8-21(18)25-13-17/h2-8,11-14,23H,9-10,15-16H2,1H3,(H,26,27). The molecule has 1 aliphatic heterocycles. The molecule has 1 fully saturated rings. The van der Waals surface area contributed by atoms with Gasteiger partial charge in [0, 0.05) is 30.2 Å². The molecule has 6 nitrogen and oxygen atoms in total. The lowest BCUT2D eigenvalue weighted by Crippen LogP contribution is -2.39. The lowest BCUT2D eigenvalue weighted by Gasteiger charge is -2.34. The molecule has 0 saturated carbocycles. The molecule has 3 heterocycles. The van der Waals surface area contributed by atoms with Crippen molar-refractivity contribution in [3.63, 3.8) is 0 Å². The SMILES string of the molecule is COc1cccc(-c2cnc(C3COCCN3Cc3cnc4ccccc4c3)[nH]2)c1. The normalized spacial score (nSPS) is 17.3. The first kappa shape index (κ1) is 18.8. The van der Waals surface area contributed by atoms with Crippen LogP contribution in [-0.2, 0) is 11.3 Å². The molecule has 1 saturated heterocycles. The van der Waals surface area contributed by atoms with Crippen LogP contribution in [0.1, 0.15) is 17.4 Å². The number of hydrogen-bond acceptors (Lipinski definition) is 5. The Morgan fingerprint density at radius 2 is 2.03 bits per heavy atom. The number of fused-ring (bicyclic) bond motifs is 1. The topological polar surface area (TPSA) is 63.3 Å². The van der Waals surface area contributed by atoms with Crippen molar-refractivity contribution in [3.05, 3.63) is 78.4 Å². The highest BCUT2D eigenvalue weighted by Crippen LogP contribution is 2.28. The number of aromatic amines is 1. The van der Waals surface area contributed by atoms with Crippen molar-refractivity contribution in [1.29, 1.82) is 0 Å². The van der Waals surface area contributed by atoms with Gasteiger partial charge in [0.25, 0.3) is 0 Å². The maximum atomic E-state index is 5.79. The molecule has 2 aromatic heterocycles. The molecule has 152 valence electrons. The predicted octanol–water partition coefficient (Wildman–Crippen LogP) is 4.21. The Bertz CT molecular complexity index is 1160. The summed E-state index contributed by atoms with van der Waals surface area (Å²) in [6.07, 6.45) is 3.85. The van der Waals surface area contributed by atoms with Crippen LogP contribution < -0.4 is 4.74 Å². The van der Waals surface area contributed by atoms with Gasteiger partial charge in [-0.2, -0.15) is 0 Å². The van der Waals surface area contributed by atoms with Crippen LogP contribution in [0.15, 0.2) is 67.0 Å². The molecule has 1 N–H and O–H groups in total. The van der Waals surface area contributed by atoms with E-state index in [-0.39, 0.29) is 6.04 Å². The van der Waals surface area contributed by atoms with Crippen LogP contribution in [0.5, 0.6) is 5.75 Å². The first-order valence-electron chi connectivity index (χ1n) is 10.1. The van der Waals surface area contributed by atoms with Crippen molar-refractivity contribution in [2.45, 2.75) is 12.6 Å². The summed E-state index contributed by atoms with van der Waals surface area (Å²) in [6, 6.07) is 18.5. The van der Waals surface area contributed by atoms with Gasteiger partial charge < -0.3 is 14.5 Å². The van der Waals surface area contributed by atoms with Crippen LogP contribution in [0.2, 0.25) is 0 Å². The Morgan fingerprint density at radius 1 is 1.10 bits per heavy atom. The Kier molecular flexibility index (Phi) is 5.17. The maximum absolute atomic E-state index is 5.79. The summed E-state index contributed by atoms with van der Waals surface area (Å²) >= 11 is 0. The molecule has 0 amide bonds. The van der Waals surface area contributed by atoms with E-state index in [0.29, 0.717) is 6.61 Å². The molecule has 1 aliphatic rings. The van der Waals surface area contributed by atoms with Crippen molar-refractivity contribution in [2.75, 3.05) is 26.9 Å². The highest BCUT2D eigenvalue weighted by molar-refractivity contribution is 5.78. The number of benzene rings is 2. The molecule has 1 unspecified atom stereocenters. The summed E-state index contributed by atoms with van der Waals surface area (Å²) in [5.74, 6) is 1.75. The Balaban J connectivity index is 1.39. The molecule has 0 spiro atoms. The van der Waals surface area contributed by atoms with Gasteiger partial charge in [-0.3, -0.25) is 9.88 Å². The average Bonchev–Trinajstić information content (AvgIpc) is 3.30. The minimum atomic E-state index is 0.0737. The van der Waals surface area contributed by atoms with E-state index < -0.39 is 0 Å². The Labute approximate surface area is 175 Å². The van der Waals surface area contributed by atoms with Gasteiger partial charge in [0.1, 0.15) is 11.6 Å². The Morgan fingerprint density at radius 3 is 2.97 bits per heavy atom. The maximum Gasteiger partial charge on any atom is 0.126 e. The summed E-state index contributed by atoms with van der Waals surface area (Å²) in [6.45, 7) is 3.00. The number of nitrogens with zero attached hydrogens (tertiary/aromatic N) is 3. The van der Waals surface area contributed by atoms with Gasteiger partial charge in [0.05, 0.1) is 43.8 Å². The van der Waals surface area contributed by atoms with E-state index in [1.165, 1.54) is 5.56 Å². The zero-order chi connectivity index (χ0) is 20.3. The number of imidazole rings is 1. The molecule has 2 aromatic carbocycles. The summed E-state index contributed by atoms with van der Waals surface area (Å²) < 4.78 is 11.1. The highest BCUT2D eigenvalue weighted by atomic mass is 16.5. The van der Waals surface area contributed by atoms with Crippen molar-refractivity contribution in [1.82, 2.24) is 19.9 Å². The van der Waals surface area contributed by atoms with E-state index in [2.05, 4.69) is 38.1 Å². The largest absolute Gasteiger partial charge is 0.497 e. The highest BCUT2D eigenvalue weighted by Gasteiger charge is 2.27. The second-order valence-electron chi connectivity index (χ2n) is 7.51. The van der Waals surface area contributed by atoms with E-state index >= 15 is 0 Å². The minimum absolute atomic E-state index is 0.0737. The number of rotatable bonds is 5. The number of nitrogens with one attached hydrogen (secondary N) is 1. The van der Waals surface area contributed by atoms with Crippen LogP contribution >= 0.6 is 0 Å². The van der Waals surface area contributed by atoms with E-state index in [0.717, 1.165) is 53.4 Å². The van der Waals surface area contributed by atoms with Gasteiger partial charge in [0.2, 0.25) is 0 Å². The molecule has 1 atom stereocenters. The second kappa shape index (κ2) is 8.26. The van der Waals surface area contributed by atoms with Gasteiger partial charge >= 0.3 is 0 Å².